The Hall–Kier alpha value is -1.40. The van der Waals surface area contributed by atoms with E-state index in [2.05, 4.69) is 24.0 Å². The highest BCUT2D eigenvalue weighted by atomic mass is 32.2. The van der Waals surface area contributed by atoms with E-state index in [-0.39, 0.29) is 5.92 Å². The summed E-state index contributed by atoms with van der Waals surface area (Å²) in [7, 11) is -2.24. The van der Waals surface area contributed by atoms with Crippen molar-refractivity contribution in [2.24, 2.45) is 13.0 Å². The quantitative estimate of drug-likeness (QED) is 0.612. The van der Waals surface area contributed by atoms with Gasteiger partial charge in [-0.15, -0.1) is 0 Å². The second-order valence-corrected chi connectivity index (χ2v) is 6.87. The van der Waals surface area contributed by atoms with E-state index in [0.29, 0.717) is 0 Å². The van der Waals surface area contributed by atoms with Crippen LogP contribution in [0.1, 0.15) is 20.8 Å². The fourth-order valence-corrected chi connectivity index (χ4v) is 2.60. The number of aryl methyl sites for hydroxylation is 2. The smallest absolute Gasteiger partial charge is 0.243 e. The van der Waals surface area contributed by atoms with Gasteiger partial charge in [-0.25, -0.2) is 17.6 Å². The molecule has 112 valence electrons. The number of allylic oxidation sites excluding steroid dienone is 3. The predicted octanol–water partition coefficient (Wildman–Crippen LogP) is 1.38. The van der Waals surface area contributed by atoms with Gasteiger partial charge < -0.3 is 4.55 Å². The summed E-state index contributed by atoms with van der Waals surface area (Å²) in [6, 6.07) is 0. The Balaban J connectivity index is 0.000000217. The molecule has 0 saturated carbocycles. The Bertz CT molecular complexity index is 602. The number of aromatic nitrogens is 2. The van der Waals surface area contributed by atoms with E-state index in [9.17, 15) is 13.0 Å². The second kappa shape index (κ2) is 6.37. The summed E-state index contributed by atoms with van der Waals surface area (Å²) in [6.45, 7) is 6.34. The van der Waals surface area contributed by atoms with Crippen LogP contribution in [0.2, 0.25) is 0 Å². The molecule has 1 aromatic rings. The molecule has 0 spiro atoms. The molecule has 2 unspecified atom stereocenters. The molecule has 0 bridgehead atoms. The molecule has 0 aromatic carbocycles. The number of hydrogen-bond donors (Lipinski definition) is 0. The molecule has 0 aliphatic heterocycles. The molecular formula is C14H22N2O3S. The van der Waals surface area contributed by atoms with Crippen LogP contribution in [0.4, 0.5) is 0 Å². The van der Waals surface area contributed by atoms with E-state index in [1.165, 1.54) is 13.0 Å². The lowest BCUT2D eigenvalue weighted by atomic mass is 9.91. The van der Waals surface area contributed by atoms with Crippen LogP contribution in [-0.4, -0.2) is 22.3 Å². The van der Waals surface area contributed by atoms with E-state index in [1.54, 1.807) is 25.2 Å². The van der Waals surface area contributed by atoms with Crippen LogP contribution in [0.15, 0.2) is 43.0 Å². The van der Waals surface area contributed by atoms with Crippen molar-refractivity contribution in [1.82, 2.24) is 4.57 Å². The molecule has 0 N–H and O–H groups in total. The van der Waals surface area contributed by atoms with Crippen molar-refractivity contribution in [3.63, 3.8) is 0 Å². The van der Waals surface area contributed by atoms with E-state index in [1.807, 2.05) is 17.8 Å². The predicted molar refractivity (Wildman–Crippen MR) is 76.8 cm³/mol. The maximum absolute atomic E-state index is 10.9. The normalized spacial score (nSPS) is 25.1. The third-order valence-electron chi connectivity index (χ3n) is 3.57. The summed E-state index contributed by atoms with van der Waals surface area (Å²) in [5, 5.41) is 0. The van der Waals surface area contributed by atoms with Gasteiger partial charge in [-0.05, 0) is 19.8 Å². The summed E-state index contributed by atoms with van der Waals surface area (Å²) in [4.78, 5) is 0. The SMILES string of the molecule is CC1C=CC=CC1(C)S(=O)(=O)[O-].CCn1cc[n+](C)c1. The fourth-order valence-electron chi connectivity index (χ4n) is 1.82. The largest absolute Gasteiger partial charge is 0.747 e. The minimum absolute atomic E-state index is 0.259. The van der Waals surface area contributed by atoms with Gasteiger partial charge in [0.2, 0.25) is 6.33 Å². The zero-order valence-electron chi connectivity index (χ0n) is 12.4. The van der Waals surface area contributed by atoms with Crippen molar-refractivity contribution >= 4 is 10.1 Å². The van der Waals surface area contributed by atoms with E-state index >= 15 is 0 Å². The van der Waals surface area contributed by atoms with Crippen LogP contribution in [-0.2, 0) is 23.7 Å². The molecule has 1 aliphatic rings. The molecular weight excluding hydrogens is 276 g/mol. The van der Waals surface area contributed by atoms with Crippen molar-refractivity contribution < 1.29 is 17.5 Å². The molecule has 0 fully saturated rings. The number of hydrogen-bond acceptors (Lipinski definition) is 3. The van der Waals surface area contributed by atoms with Crippen molar-refractivity contribution in [2.75, 3.05) is 0 Å². The summed E-state index contributed by atoms with van der Waals surface area (Å²) in [6.07, 6.45) is 12.6. The van der Waals surface area contributed by atoms with Crippen LogP contribution in [0.25, 0.3) is 0 Å². The summed E-state index contributed by atoms with van der Waals surface area (Å²) < 4.78 is 35.5. The molecule has 1 aliphatic carbocycles. The van der Waals surface area contributed by atoms with Crippen LogP contribution in [0.5, 0.6) is 0 Å². The summed E-state index contributed by atoms with van der Waals surface area (Å²) in [5.74, 6) is -0.259. The third-order valence-corrected chi connectivity index (χ3v) is 5.15. The number of rotatable bonds is 2. The molecule has 0 amide bonds. The molecule has 0 saturated heterocycles. The summed E-state index contributed by atoms with van der Waals surface area (Å²) in [5.41, 5.74) is 0. The average Bonchev–Trinajstić information content (AvgIpc) is 2.78. The standard InChI is InChI=1S/C8H12O3S.C6H11N2/c1-7-5-3-4-6-8(7,2)12(9,10)11;1-3-8-5-4-7(2)6-8/h3-7H,1-2H3,(H,9,10,11);4-6H,3H2,1-2H3/q;+1/p-1. The maximum atomic E-state index is 10.9. The van der Waals surface area contributed by atoms with Crippen LogP contribution in [0, 0.1) is 5.92 Å². The number of nitrogens with zero attached hydrogens (tertiary/aromatic N) is 2. The van der Waals surface area contributed by atoms with Crippen molar-refractivity contribution in [3.05, 3.63) is 43.0 Å². The molecule has 2 atom stereocenters. The van der Waals surface area contributed by atoms with Crippen LogP contribution >= 0.6 is 0 Å². The van der Waals surface area contributed by atoms with Crippen LogP contribution in [0.3, 0.4) is 0 Å². The Morgan fingerprint density at radius 1 is 1.40 bits per heavy atom. The average molecular weight is 298 g/mol. The Labute approximate surface area is 121 Å². The highest BCUT2D eigenvalue weighted by Gasteiger charge is 2.34. The first-order chi connectivity index (χ1) is 9.20. The van der Waals surface area contributed by atoms with Gasteiger partial charge in [-0.3, -0.25) is 0 Å². The Morgan fingerprint density at radius 3 is 2.35 bits per heavy atom. The van der Waals surface area contributed by atoms with Gasteiger partial charge in [0.1, 0.15) is 22.5 Å². The van der Waals surface area contributed by atoms with Gasteiger partial charge in [0, 0.05) is 0 Å². The Kier molecular flexibility index (Phi) is 5.30. The van der Waals surface area contributed by atoms with Gasteiger partial charge in [-0.1, -0.05) is 31.2 Å². The van der Waals surface area contributed by atoms with Crippen molar-refractivity contribution in [2.45, 2.75) is 32.1 Å². The van der Waals surface area contributed by atoms with Gasteiger partial charge in [0.15, 0.2) is 0 Å². The van der Waals surface area contributed by atoms with E-state index < -0.39 is 14.9 Å². The lowest BCUT2D eigenvalue weighted by Gasteiger charge is -2.35. The molecule has 2 rings (SSSR count). The minimum Gasteiger partial charge on any atom is -0.747 e. The summed E-state index contributed by atoms with van der Waals surface area (Å²) >= 11 is 0. The van der Waals surface area contributed by atoms with E-state index in [4.69, 9.17) is 0 Å². The molecule has 1 aromatic heterocycles. The van der Waals surface area contributed by atoms with Gasteiger partial charge in [0.05, 0.1) is 18.3 Å². The Morgan fingerprint density at radius 2 is 2.05 bits per heavy atom. The maximum Gasteiger partial charge on any atom is 0.243 e. The molecule has 20 heavy (non-hydrogen) atoms. The molecule has 0 radical (unpaired) electrons. The fraction of sp³-hybridized carbons (Fsp3) is 0.500. The molecule has 1 heterocycles. The lowest BCUT2D eigenvalue weighted by molar-refractivity contribution is -0.671. The first-order valence-electron chi connectivity index (χ1n) is 6.53. The van der Waals surface area contributed by atoms with Crippen molar-refractivity contribution in [1.29, 1.82) is 0 Å². The second-order valence-electron chi connectivity index (χ2n) is 5.08. The zero-order chi connectivity index (χ0) is 15.4. The highest BCUT2D eigenvalue weighted by molar-refractivity contribution is 7.87. The lowest BCUT2D eigenvalue weighted by Crippen LogP contribution is -2.39. The number of imidazole rings is 1. The van der Waals surface area contributed by atoms with Gasteiger partial charge >= 0.3 is 0 Å². The first-order valence-corrected chi connectivity index (χ1v) is 7.94. The van der Waals surface area contributed by atoms with Gasteiger partial charge in [0.25, 0.3) is 0 Å². The van der Waals surface area contributed by atoms with E-state index in [0.717, 1.165) is 6.54 Å². The highest BCUT2D eigenvalue weighted by Crippen LogP contribution is 2.30. The van der Waals surface area contributed by atoms with Crippen LogP contribution < -0.4 is 4.57 Å². The monoisotopic (exact) mass is 298 g/mol. The van der Waals surface area contributed by atoms with Crippen molar-refractivity contribution in [3.8, 4) is 0 Å². The van der Waals surface area contributed by atoms with Gasteiger partial charge in [-0.2, -0.15) is 0 Å². The minimum atomic E-state index is -4.26. The third kappa shape index (κ3) is 3.80. The zero-order valence-corrected chi connectivity index (χ0v) is 13.2. The molecule has 5 nitrogen and oxygen atoms in total. The first kappa shape index (κ1) is 16.7. The topological polar surface area (TPSA) is 66.0 Å². The molecule has 6 heteroatoms.